The van der Waals surface area contributed by atoms with Crippen molar-refractivity contribution in [1.29, 1.82) is 5.26 Å². The first kappa shape index (κ1) is 17.7. The van der Waals surface area contributed by atoms with Crippen molar-refractivity contribution in [3.05, 3.63) is 51.8 Å². The summed E-state index contributed by atoms with van der Waals surface area (Å²) in [6, 6.07) is 8.28. The Balaban J connectivity index is 1.63. The molecule has 1 aromatic heterocycles. The summed E-state index contributed by atoms with van der Waals surface area (Å²) in [6.45, 7) is 5.27. The van der Waals surface area contributed by atoms with Crippen LogP contribution in [-0.2, 0) is 37.6 Å². The van der Waals surface area contributed by atoms with Crippen LogP contribution in [0.5, 0.6) is 0 Å². The van der Waals surface area contributed by atoms with Crippen molar-refractivity contribution in [3.63, 3.8) is 0 Å². The molecule has 2 aliphatic heterocycles. The lowest BCUT2D eigenvalue weighted by Gasteiger charge is -2.30. The van der Waals surface area contributed by atoms with Crippen LogP contribution in [-0.4, -0.2) is 33.2 Å². The number of nitriles is 1. The quantitative estimate of drug-likeness (QED) is 0.821. The third-order valence-electron chi connectivity index (χ3n) is 5.63. The van der Waals surface area contributed by atoms with E-state index in [1.807, 2.05) is 37.9 Å². The molecule has 1 aromatic carbocycles. The molecule has 0 N–H and O–H groups in total. The molecular formula is C21H24N4O2. The standard InChI is InChI=1S/C21H24N4O2/c1-13-11-18-19(23-24(3)20(18)14(2)27-13)21(26)25-10-8-17-15(7-9-22)5-4-6-16(17)12-25/h4-6,13-14H,7-8,10-12H2,1-3H3/t13-,14+/m1/s1. The van der Waals surface area contributed by atoms with E-state index in [0.29, 0.717) is 31.6 Å². The SMILES string of the molecule is C[C@@H]1Cc2c(C(=O)N3CCc4c(CC#N)cccc4C3)nn(C)c2[C@H](C)O1. The lowest BCUT2D eigenvalue weighted by Crippen LogP contribution is -2.37. The molecule has 1 amide bonds. The van der Waals surface area contributed by atoms with Gasteiger partial charge in [-0.05, 0) is 37.0 Å². The Labute approximate surface area is 159 Å². The van der Waals surface area contributed by atoms with Gasteiger partial charge < -0.3 is 9.64 Å². The Bertz CT molecular complexity index is 940. The van der Waals surface area contributed by atoms with Gasteiger partial charge in [0.15, 0.2) is 5.69 Å². The zero-order chi connectivity index (χ0) is 19.1. The van der Waals surface area contributed by atoms with Gasteiger partial charge in [0.25, 0.3) is 5.91 Å². The Hall–Kier alpha value is -2.65. The number of carbonyl (C=O) groups excluding carboxylic acids is 1. The molecule has 0 unspecified atom stereocenters. The number of fused-ring (bicyclic) bond motifs is 2. The number of benzene rings is 1. The van der Waals surface area contributed by atoms with Gasteiger partial charge in [-0.3, -0.25) is 9.48 Å². The average Bonchev–Trinajstić information content (AvgIpc) is 2.97. The van der Waals surface area contributed by atoms with Crippen LogP contribution in [0.4, 0.5) is 0 Å². The van der Waals surface area contributed by atoms with E-state index < -0.39 is 0 Å². The van der Waals surface area contributed by atoms with E-state index in [-0.39, 0.29) is 18.1 Å². The molecule has 2 atom stereocenters. The average molecular weight is 364 g/mol. The van der Waals surface area contributed by atoms with Crippen molar-refractivity contribution in [2.75, 3.05) is 6.54 Å². The summed E-state index contributed by atoms with van der Waals surface area (Å²) in [6.07, 6.45) is 1.94. The minimum atomic E-state index is -0.0570. The van der Waals surface area contributed by atoms with Gasteiger partial charge in [-0.25, -0.2) is 0 Å². The van der Waals surface area contributed by atoms with Crippen LogP contribution in [0.2, 0.25) is 0 Å². The number of aryl methyl sites for hydroxylation is 1. The predicted octanol–water partition coefficient (Wildman–Crippen LogP) is 2.71. The van der Waals surface area contributed by atoms with Gasteiger partial charge in [0, 0.05) is 32.1 Å². The Morgan fingerprint density at radius 3 is 2.96 bits per heavy atom. The maximum Gasteiger partial charge on any atom is 0.274 e. The zero-order valence-electron chi connectivity index (χ0n) is 16.0. The van der Waals surface area contributed by atoms with Crippen LogP contribution in [0.25, 0.3) is 0 Å². The summed E-state index contributed by atoms with van der Waals surface area (Å²) >= 11 is 0. The fourth-order valence-corrected chi connectivity index (χ4v) is 4.47. The number of ether oxygens (including phenoxy) is 1. The third kappa shape index (κ3) is 3.02. The second kappa shape index (κ2) is 6.82. The molecule has 6 nitrogen and oxygen atoms in total. The third-order valence-corrected chi connectivity index (χ3v) is 5.63. The predicted molar refractivity (Wildman–Crippen MR) is 100 cm³/mol. The summed E-state index contributed by atoms with van der Waals surface area (Å²) in [5.41, 5.74) is 6.03. The van der Waals surface area contributed by atoms with Gasteiger partial charge in [-0.1, -0.05) is 18.2 Å². The van der Waals surface area contributed by atoms with E-state index >= 15 is 0 Å². The largest absolute Gasteiger partial charge is 0.369 e. The molecule has 27 heavy (non-hydrogen) atoms. The molecule has 0 fully saturated rings. The smallest absolute Gasteiger partial charge is 0.274 e. The normalized spacial score (nSPS) is 21.3. The highest BCUT2D eigenvalue weighted by Gasteiger charge is 2.34. The second-order valence-electron chi connectivity index (χ2n) is 7.50. The minimum absolute atomic E-state index is 0.00973. The van der Waals surface area contributed by atoms with E-state index in [1.54, 1.807) is 4.68 Å². The van der Waals surface area contributed by atoms with Gasteiger partial charge in [0.2, 0.25) is 0 Å². The first-order valence-corrected chi connectivity index (χ1v) is 9.46. The van der Waals surface area contributed by atoms with E-state index in [9.17, 15) is 4.79 Å². The fraction of sp³-hybridized carbons (Fsp3) is 0.476. The zero-order valence-corrected chi connectivity index (χ0v) is 16.0. The molecule has 4 rings (SSSR count). The molecule has 3 heterocycles. The highest BCUT2D eigenvalue weighted by molar-refractivity contribution is 5.94. The molecule has 0 saturated carbocycles. The lowest BCUT2D eigenvalue weighted by molar-refractivity contribution is -0.00907. The molecule has 2 aliphatic rings. The maximum atomic E-state index is 13.3. The van der Waals surface area contributed by atoms with E-state index in [1.165, 1.54) is 5.56 Å². The molecule has 0 bridgehead atoms. The molecule has 0 radical (unpaired) electrons. The monoisotopic (exact) mass is 364 g/mol. The summed E-state index contributed by atoms with van der Waals surface area (Å²) in [5.74, 6) is -0.00973. The molecule has 140 valence electrons. The number of hydrogen-bond donors (Lipinski definition) is 0. The summed E-state index contributed by atoms with van der Waals surface area (Å²) in [5, 5.41) is 13.6. The first-order chi connectivity index (χ1) is 13.0. The van der Waals surface area contributed by atoms with Gasteiger partial charge >= 0.3 is 0 Å². The molecular weight excluding hydrogens is 340 g/mol. The van der Waals surface area contributed by atoms with Crippen LogP contribution in [0.3, 0.4) is 0 Å². The van der Waals surface area contributed by atoms with E-state index in [2.05, 4.69) is 17.2 Å². The second-order valence-corrected chi connectivity index (χ2v) is 7.50. The van der Waals surface area contributed by atoms with E-state index in [4.69, 9.17) is 10.00 Å². The van der Waals surface area contributed by atoms with Crippen molar-refractivity contribution < 1.29 is 9.53 Å². The first-order valence-electron chi connectivity index (χ1n) is 9.46. The van der Waals surface area contributed by atoms with Crippen molar-refractivity contribution in [2.45, 2.75) is 51.9 Å². The van der Waals surface area contributed by atoms with Crippen molar-refractivity contribution >= 4 is 5.91 Å². The highest BCUT2D eigenvalue weighted by atomic mass is 16.5. The van der Waals surface area contributed by atoms with Crippen LogP contribution in [0, 0.1) is 11.3 Å². The number of amides is 1. The summed E-state index contributed by atoms with van der Waals surface area (Å²) < 4.78 is 7.70. The highest BCUT2D eigenvalue weighted by Crippen LogP contribution is 2.33. The van der Waals surface area contributed by atoms with Crippen LogP contribution >= 0.6 is 0 Å². The number of hydrogen-bond acceptors (Lipinski definition) is 4. The Morgan fingerprint density at radius 2 is 2.19 bits per heavy atom. The molecule has 0 saturated heterocycles. The molecule has 2 aromatic rings. The van der Waals surface area contributed by atoms with Crippen molar-refractivity contribution in [1.82, 2.24) is 14.7 Å². The van der Waals surface area contributed by atoms with Crippen LogP contribution in [0.15, 0.2) is 18.2 Å². The number of aromatic nitrogens is 2. The van der Waals surface area contributed by atoms with E-state index in [0.717, 1.165) is 28.8 Å². The number of rotatable bonds is 2. The van der Waals surface area contributed by atoms with Gasteiger partial charge in [-0.15, -0.1) is 0 Å². The molecule has 0 aliphatic carbocycles. The molecule has 0 spiro atoms. The maximum absolute atomic E-state index is 13.3. The van der Waals surface area contributed by atoms with Gasteiger partial charge in [0.1, 0.15) is 0 Å². The summed E-state index contributed by atoms with van der Waals surface area (Å²) in [4.78, 5) is 15.2. The topological polar surface area (TPSA) is 71.2 Å². The van der Waals surface area contributed by atoms with Crippen molar-refractivity contribution in [3.8, 4) is 6.07 Å². The van der Waals surface area contributed by atoms with Gasteiger partial charge in [-0.2, -0.15) is 10.4 Å². The number of carbonyl (C=O) groups is 1. The minimum Gasteiger partial charge on any atom is -0.369 e. The van der Waals surface area contributed by atoms with Crippen LogP contribution < -0.4 is 0 Å². The lowest BCUT2D eigenvalue weighted by atomic mass is 9.92. The Morgan fingerprint density at radius 1 is 1.37 bits per heavy atom. The van der Waals surface area contributed by atoms with Gasteiger partial charge in [0.05, 0.1) is 30.4 Å². The van der Waals surface area contributed by atoms with Crippen molar-refractivity contribution in [2.24, 2.45) is 7.05 Å². The Kier molecular flexibility index (Phi) is 4.48. The summed E-state index contributed by atoms with van der Waals surface area (Å²) in [7, 11) is 1.88. The number of nitrogens with zero attached hydrogens (tertiary/aromatic N) is 4. The fourth-order valence-electron chi connectivity index (χ4n) is 4.47. The van der Waals surface area contributed by atoms with Crippen LogP contribution in [0.1, 0.15) is 58.4 Å². The molecule has 6 heteroatoms.